The summed E-state index contributed by atoms with van der Waals surface area (Å²) in [6.07, 6.45) is -3.89. The first-order valence-electron chi connectivity index (χ1n) is 5.90. The van der Waals surface area contributed by atoms with Gasteiger partial charge >= 0.3 is 12.1 Å². The zero-order valence-electron chi connectivity index (χ0n) is 10.6. The number of fused-ring (bicyclic) bond motifs is 1. The van der Waals surface area contributed by atoms with E-state index < -0.39 is 23.2 Å². The van der Waals surface area contributed by atoms with E-state index in [4.69, 9.17) is 4.74 Å². The Morgan fingerprint density at radius 3 is 2.68 bits per heavy atom. The average Bonchev–Trinajstić information content (AvgIpc) is 2.75. The van der Waals surface area contributed by atoms with E-state index in [2.05, 4.69) is 5.32 Å². The number of carbonyl (C=O) groups excluding carboxylic acids is 1. The zero-order chi connectivity index (χ0) is 14.3. The van der Waals surface area contributed by atoms with Gasteiger partial charge in [0.2, 0.25) is 0 Å². The highest BCUT2D eigenvalue weighted by molar-refractivity contribution is 5.88. The second-order valence-electron chi connectivity index (χ2n) is 4.57. The van der Waals surface area contributed by atoms with Gasteiger partial charge in [0.15, 0.2) is 0 Å². The Morgan fingerprint density at radius 1 is 1.47 bits per heavy atom. The van der Waals surface area contributed by atoms with Gasteiger partial charge in [-0.2, -0.15) is 13.2 Å². The molecule has 19 heavy (non-hydrogen) atoms. The summed E-state index contributed by atoms with van der Waals surface area (Å²) in [5, 5.41) is 2.73. The smallest absolute Gasteiger partial charge is 0.418 e. The maximum Gasteiger partial charge on any atom is 0.418 e. The molecule has 0 spiro atoms. The van der Waals surface area contributed by atoms with Crippen molar-refractivity contribution in [3.63, 3.8) is 0 Å². The SMILES string of the molecule is CCC1(C(=O)OC)Cc2cccc(C(F)(F)F)c2N1. The number of rotatable bonds is 2. The Morgan fingerprint density at radius 2 is 2.16 bits per heavy atom. The second kappa shape index (κ2) is 4.43. The lowest BCUT2D eigenvalue weighted by atomic mass is 9.92. The molecule has 104 valence electrons. The Hall–Kier alpha value is -1.72. The van der Waals surface area contributed by atoms with Gasteiger partial charge in [-0.05, 0) is 18.1 Å². The number of carbonyl (C=O) groups is 1. The highest BCUT2D eigenvalue weighted by atomic mass is 19.4. The fourth-order valence-corrected chi connectivity index (χ4v) is 2.42. The lowest BCUT2D eigenvalue weighted by molar-refractivity contribution is -0.146. The number of ether oxygens (including phenoxy) is 1. The van der Waals surface area contributed by atoms with E-state index in [0.29, 0.717) is 12.0 Å². The van der Waals surface area contributed by atoms with Crippen LogP contribution in [0.3, 0.4) is 0 Å². The van der Waals surface area contributed by atoms with Gasteiger partial charge in [-0.25, -0.2) is 4.79 Å². The predicted octanol–water partition coefficient (Wildman–Crippen LogP) is 3.00. The summed E-state index contributed by atoms with van der Waals surface area (Å²) in [6.45, 7) is 1.74. The summed E-state index contributed by atoms with van der Waals surface area (Å²) in [5.74, 6) is -0.542. The molecule has 0 saturated heterocycles. The van der Waals surface area contributed by atoms with Crippen LogP contribution in [0.4, 0.5) is 18.9 Å². The zero-order valence-corrected chi connectivity index (χ0v) is 10.6. The van der Waals surface area contributed by atoms with Crippen LogP contribution in [0.25, 0.3) is 0 Å². The molecule has 2 rings (SSSR count). The Kier molecular flexibility index (Phi) is 3.20. The molecule has 1 aromatic carbocycles. The monoisotopic (exact) mass is 273 g/mol. The molecule has 0 fully saturated rings. The molecule has 0 radical (unpaired) electrons. The maximum absolute atomic E-state index is 12.9. The molecule has 1 heterocycles. The van der Waals surface area contributed by atoms with Gasteiger partial charge in [-0.1, -0.05) is 19.1 Å². The quantitative estimate of drug-likeness (QED) is 0.842. The summed E-state index contributed by atoms with van der Waals surface area (Å²) in [5.41, 5.74) is -1.37. The number of hydrogen-bond donors (Lipinski definition) is 1. The summed E-state index contributed by atoms with van der Waals surface area (Å²) in [7, 11) is 1.23. The van der Waals surface area contributed by atoms with Gasteiger partial charge in [0.25, 0.3) is 0 Å². The van der Waals surface area contributed by atoms with Crippen LogP contribution in [-0.4, -0.2) is 18.6 Å². The van der Waals surface area contributed by atoms with Crippen LogP contribution in [0.5, 0.6) is 0 Å². The minimum atomic E-state index is -4.45. The molecule has 0 amide bonds. The van der Waals surface area contributed by atoms with Gasteiger partial charge in [0.1, 0.15) is 5.54 Å². The maximum atomic E-state index is 12.9. The normalized spacial score (nSPS) is 21.7. The van der Waals surface area contributed by atoms with Crippen molar-refractivity contribution in [3.05, 3.63) is 29.3 Å². The van der Waals surface area contributed by atoms with Gasteiger partial charge in [0, 0.05) is 6.42 Å². The summed E-state index contributed by atoms with van der Waals surface area (Å²) >= 11 is 0. The lowest BCUT2D eigenvalue weighted by Gasteiger charge is -2.25. The van der Waals surface area contributed by atoms with E-state index in [9.17, 15) is 18.0 Å². The van der Waals surface area contributed by atoms with Crippen molar-refractivity contribution in [2.75, 3.05) is 12.4 Å². The van der Waals surface area contributed by atoms with Crippen molar-refractivity contribution in [1.82, 2.24) is 0 Å². The molecule has 0 aliphatic carbocycles. The molecule has 1 N–H and O–H groups in total. The summed E-state index contributed by atoms with van der Waals surface area (Å²) in [4.78, 5) is 11.8. The van der Waals surface area contributed by atoms with Gasteiger partial charge in [-0.15, -0.1) is 0 Å². The van der Waals surface area contributed by atoms with Crippen molar-refractivity contribution < 1.29 is 22.7 Å². The van der Waals surface area contributed by atoms with Crippen LogP contribution >= 0.6 is 0 Å². The molecule has 3 nitrogen and oxygen atoms in total. The number of nitrogens with one attached hydrogen (secondary N) is 1. The first-order valence-corrected chi connectivity index (χ1v) is 5.90. The van der Waals surface area contributed by atoms with Crippen LogP contribution in [-0.2, 0) is 22.1 Å². The number of esters is 1. The highest BCUT2D eigenvalue weighted by Gasteiger charge is 2.46. The minimum Gasteiger partial charge on any atom is -0.467 e. The molecule has 1 aliphatic rings. The van der Waals surface area contributed by atoms with Crippen molar-refractivity contribution in [1.29, 1.82) is 0 Å². The van der Waals surface area contributed by atoms with Crippen LogP contribution in [0.15, 0.2) is 18.2 Å². The van der Waals surface area contributed by atoms with E-state index >= 15 is 0 Å². The number of para-hydroxylation sites is 1. The fourth-order valence-electron chi connectivity index (χ4n) is 2.42. The molecule has 1 aliphatic heterocycles. The van der Waals surface area contributed by atoms with E-state index in [1.165, 1.54) is 13.2 Å². The highest BCUT2D eigenvalue weighted by Crippen LogP contribution is 2.43. The second-order valence-corrected chi connectivity index (χ2v) is 4.57. The minimum absolute atomic E-state index is 0.0118. The van der Waals surface area contributed by atoms with E-state index in [0.717, 1.165) is 6.07 Å². The van der Waals surface area contributed by atoms with E-state index in [1.54, 1.807) is 13.0 Å². The van der Waals surface area contributed by atoms with Crippen molar-refractivity contribution in [2.24, 2.45) is 0 Å². The average molecular weight is 273 g/mol. The largest absolute Gasteiger partial charge is 0.467 e. The van der Waals surface area contributed by atoms with Gasteiger partial charge in [-0.3, -0.25) is 0 Å². The third-order valence-electron chi connectivity index (χ3n) is 3.49. The van der Waals surface area contributed by atoms with Crippen molar-refractivity contribution in [2.45, 2.75) is 31.5 Å². The molecule has 6 heteroatoms. The van der Waals surface area contributed by atoms with Crippen molar-refractivity contribution in [3.8, 4) is 0 Å². The number of hydrogen-bond acceptors (Lipinski definition) is 3. The molecule has 1 atom stereocenters. The first-order chi connectivity index (χ1) is 8.84. The van der Waals surface area contributed by atoms with Gasteiger partial charge in [0.05, 0.1) is 18.4 Å². The standard InChI is InChI=1S/C13H14F3NO2/c1-3-12(11(18)19-2)7-8-5-4-6-9(10(8)17-12)13(14,15)16/h4-6,17H,3,7H2,1-2H3. The number of anilines is 1. The third-order valence-corrected chi connectivity index (χ3v) is 3.49. The number of benzene rings is 1. The molecule has 0 saturated carbocycles. The first kappa shape index (κ1) is 13.7. The van der Waals surface area contributed by atoms with Crippen LogP contribution in [0.2, 0.25) is 0 Å². The fraction of sp³-hybridized carbons (Fsp3) is 0.462. The van der Waals surface area contributed by atoms with Crippen LogP contribution < -0.4 is 5.32 Å². The number of alkyl halides is 3. The Balaban J connectivity index is 2.47. The predicted molar refractivity (Wildman–Crippen MR) is 63.8 cm³/mol. The van der Waals surface area contributed by atoms with E-state index in [-0.39, 0.29) is 12.1 Å². The molecule has 0 bridgehead atoms. The van der Waals surface area contributed by atoms with Crippen LogP contribution in [0, 0.1) is 0 Å². The number of methoxy groups -OCH3 is 1. The summed E-state index contributed by atoms with van der Waals surface area (Å²) in [6, 6.07) is 3.96. The van der Waals surface area contributed by atoms with Gasteiger partial charge < -0.3 is 10.1 Å². The topological polar surface area (TPSA) is 38.3 Å². The number of halogens is 3. The van der Waals surface area contributed by atoms with E-state index in [1.807, 2.05) is 0 Å². The molecular formula is C13H14F3NO2. The van der Waals surface area contributed by atoms with Crippen molar-refractivity contribution >= 4 is 11.7 Å². The Labute approximate surface area is 108 Å². The molecular weight excluding hydrogens is 259 g/mol. The summed E-state index contributed by atoms with van der Waals surface area (Å²) < 4.78 is 43.5. The molecule has 0 aromatic heterocycles. The molecule has 1 aromatic rings. The molecule has 1 unspecified atom stereocenters. The van der Waals surface area contributed by atoms with Crippen LogP contribution in [0.1, 0.15) is 24.5 Å². The lowest BCUT2D eigenvalue weighted by Crippen LogP contribution is -2.45. The third kappa shape index (κ3) is 2.15. The Bertz CT molecular complexity index is 513.